The van der Waals surface area contributed by atoms with E-state index in [1.807, 2.05) is 6.07 Å². The molecule has 0 amide bonds. The van der Waals surface area contributed by atoms with Crippen molar-refractivity contribution in [3.63, 3.8) is 0 Å². The summed E-state index contributed by atoms with van der Waals surface area (Å²) in [6.07, 6.45) is 3.85. The van der Waals surface area contributed by atoms with Gasteiger partial charge in [0.2, 0.25) is 12.5 Å². The van der Waals surface area contributed by atoms with Crippen molar-refractivity contribution in [1.29, 1.82) is 5.26 Å². The zero-order chi connectivity index (χ0) is 24.2. The smallest absolute Gasteiger partial charge is 0.262 e. The fourth-order valence-corrected chi connectivity index (χ4v) is 4.24. The van der Waals surface area contributed by atoms with E-state index in [2.05, 4.69) is 26.3 Å². The number of halogens is 1. The van der Waals surface area contributed by atoms with Crippen LogP contribution < -0.4 is 24.3 Å². The van der Waals surface area contributed by atoms with E-state index in [1.54, 1.807) is 13.2 Å². The molecule has 11 heteroatoms. The van der Waals surface area contributed by atoms with Crippen LogP contribution in [0.5, 0.6) is 23.1 Å². The molecule has 0 spiro atoms. The van der Waals surface area contributed by atoms with Gasteiger partial charge in [0.15, 0.2) is 11.5 Å². The number of aromatic nitrogens is 2. The third-order valence-corrected chi connectivity index (χ3v) is 6.14. The molecule has 2 aliphatic rings. The molecule has 1 N–H and O–H groups in total. The predicted molar refractivity (Wildman–Crippen MR) is 129 cm³/mol. The first-order valence-corrected chi connectivity index (χ1v) is 11.6. The van der Waals surface area contributed by atoms with Crippen LogP contribution in [0.15, 0.2) is 24.5 Å². The topological polar surface area (TPSA) is 111 Å². The van der Waals surface area contributed by atoms with Gasteiger partial charge in [-0.2, -0.15) is 5.26 Å². The largest absolute Gasteiger partial charge is 0.493 e. The maximum atomic E-state index is 9.75. The highest BCUT2D eigenvalue weighted by molar-refractivity contribution is 6.33. The molecule has 0 atom stereocenters. The number of anilines is 2. The molecule has 0 aliphatic carbocycles. The van der Waals surface area contributed by atoms with E-state index in [9.17, 15) is 5.26 Å². The Kier molecular flexibility index (Phi) is 6.90. The summed E-state index contributed by atoms with van der Waals surface area (Å²) in [5, 5.41) is 14.0. The Labute approximate surface area is 207 Å². The van der Waals surface area contributed by atoms with Crippen molar-refractivity contribution in [3.05, 3.63) is 35.1 Å². The summed E-state index contributed by atoms with van der Waals surface area (Å²) in [6, 6.07) is 5.79. The number of nitrogens with zero attached hydrogens (tertiary/aromatic N) is 4. The Morgan fingerprint density at radius 3 is 2.80 bits per heavy atom. The highest BCUT2D eigenvalue weighted by atomic mass is 35.5. The first kappa shape index (κ1) is 23.2. The lowest BCUT2D eigenvalue weighted by molar-refractivity contribution is 0.0357. The molecule has 1 aromatic carbocycles. The van der Waals surface area contributed by atoms with Crippen LogP contribution in [0.4, 0.5) is 11.4 Å². The second kappa shape index (κ2) is 10.4. The van der Waals surface area contributed by atoms with E-state index in [-0.39, 0.29) is 6.79 Å². The number of ether oxygens (including phenoxy) is 5. The van der Waals surface area contributed by atoms with E-state index in [0.29, 0.717) is 62.6 Å². The van der Waals surface area contributed by atoms with Crippen LogP contribution in [0.1, 0.15) is 12.0 Å². The molecule has 0 unspecified atom stereocenters. The third kappa shape index (κ3) is 4.84. The minimum atomic E-state index is 0.0413. The first-order chi connectivity index (χ1) is 17.2. The van der Waals surface area contributed by atoms with E-state index in [0.717, 1.165) is 39.3 Å². The lowest BCUT2D eigenvalue weighted by Gasteiger charge is -2.26. The van der Waals surface area contributed by atoms with Crippen molar-refractivity contribution >= 4 is 33.9 Å². The van der Waals surface area contributed by atoms with Gasteiger partial charge in [-0.1, -0.05) is 11.6 Å². The Bertz CT molecular complexity index is 1280. The maximum Gasteiger partial charge on any atom is 0.262 e. The summed E-state index contributed by atoms with van der Waals surface area (Å²) in [4.78, 5) is 11.0. The molecular weight excluding hydrogens is 474 g/mol. The van der Waals surface area contributed by atoms with E-state index >= 15 is 0 Å². The predicted octanol–water partition coefficient (Wildman–Crippen LogP) is 3.74. The molecule has 10 nitrogen and oxygen atoms in total. The van der Waals surface area contributed by atoms with Crippen LogP contribution >= 0.6 is 11.6 Å². The molecule has 2 aliphatic heterocycles. The summed E-state index contributed by atoms with van der Waals surface area (Å²) in [7, 11) is 1.58. The lowest BCUT2D eigenvalue weighted by atomic mass is 10.1. The van der Waals surface area contributed by atoms with E-state index in [4.69, 9.17) is 35.3 Å². The van der Waals surface area contributed by atoms with Crippen LogP contribution in [-0.2, 0) is 4.74 Å². The molecule has 3 aromatic rings. The summed E-state index contributed by atoms with van der Waals surface area (Å²) in [6.45, 7) is 4.97. The van der Waals surface area contributed by atoms with Crippen LogP contribution in [0.3, 0.4) is 0 Å². The molecule has 0 saturated carbocycles. The molecule has 4 heterocycles. The number of nitriles is 1. The van der Waals surface area contributed by atoms with Crippen molar-refractivity contribution in [2.75, 3.05) is 58.7 Å². The van der Waals surface area contributed by atoms with Crippen molar-refractivity contribution in [2.24, 2.45) is 0 Å². The van der Waals surface area contributed by atoms with Gasteiger partial charge in [0, 0.05) is 37.3 Å². The molecule has 5 rings (SSSR count). The van der Waals surface area contributed by atoms with Crippen LogP contribution in [0.2, 0.25) is 5.02 Å². The van der Waals surface area contributed by atoms with Gasteiger partial charge in [-0.15, -0.1) is 0 Å². The van der Waals surface area contributed by atoms with E-state index in [1.165, 1.54) is 12.4 Å². The van der Waals surface area contributed by atoms with Crippen molar-refractivity contribution in [2.45, 2.75) is 6.42 Å². The maximum absolute atomic E-state index is 9.75. The zero-order valence-electron chi connectivity index (χ0n) is 19.2. The van der Waals surface area contributed by atoms with Gasteiger partial charge in [0.25, 0.3) is 5.88 Å². The molecule has 0 radical (unpaired) electrons. The summed E-state index contributed by atoms with van der Waals surface area (Å²) < 4.78 is 28.0. The van der Waals surface area contributed by atoms with Crippen LogP contribution in [0.25, 0.3) is 10.9 Å². The number of benzene rings is 1. The number of hydrogen-bond acceptors (Lipinski definition) is 10. The van der Waals surface area contributed by atoms with Gasteiger partial charge in [-0.05, 0) is 12.5 Å². The average Bonchev–Trinajstić information content (AvgIpc) is 3.37. The minimum Gasteiger partial charge on any atom is -0.493 e. The summed E-state index contributed by atoms with van der Waals surface area (Å²) in [5.74, 6) is 1.84. The Balaban J connectivity index is 1.42. The number of rotatable bonds is 8. The van der Waals surface area contributed by atoms with Gasteiger partial charge in [0.1, 0.15) is 11.8 Å². The number of fused-ring (bicyclic) bond motifs is 2. The van der Waals surface area contributed by atoms with Crippen LogP contribution in [-0.4, -0.2) is 68.2 Å². The Morgan fingerprint density at radius 1 is 1.14 bits per heavy atom. The number of morpholine rings is 1. The number of methoxy groups -OCH3 is 1. The monoisotopic (exact) mass is 497 g/mol. The molecule has 182 valence electrons. The number of nitrogens with one attached hydrogen (secondary N) is 1. The third-order valence-electron chi connectivity index (χ3n) is 5.86. The second-order valence-electron chi connectivity index (χ2n) is 7.98. The van der Waals surface area contributed by atoms with Gasteiger partial charge in [-0.3, -0.25) is 9.88 Å². The molecular formula is C24H24ClN5O5. The number of hydrogen-bond donors (Lipinski definition) is 1. The minimum absolute atomic E-state index is 0.0413. The van der Waals surface area contributed by atoms with Gasteiger partial charge in [0.05, 0.1) is 54.9 Å². The lowest BCUT2D eigenvalue weighted by Crippen LogP contribution is -2.37. The molecule has 35 heavy (non-hydrogen) atoms. The average molecular weight is 498 g/mol. The van der Waals surface area contributed by atoms with Crippen molar-refractivity contribution in [3.8, 4) is 29.2 Å². The SMILES string of the molecule is COc1cc2c(Nc3c(Cl)cnc4c3OCO4)c(C#N)cnc2cc1OCCCN1CCOCC1. The first-order valence-electron chi connectivity index (χ1n) is 11.2. The van der Waals surface area contributed by atoms with Crippen molar-refractivity contribution in [1.82, 2.24) is 14.9 Å². The fraction of sp³-hybridized carbons (Fsp3) is 0.375. The zero-order valence-corrected chi connectivity index (χ0v) is 19.9. The Morgan fingerprint density at radius 2 is 2.00 bits per heavy atom. The van der Waals surface area contributed by atoms with Gasteiger partial charge < -0.3 is 29.0 Å². The quantitative estimate of drug-likeness (QED) is 0.462. The summed E-state index contributed by atoms with van der Waals surface area (Å²) in [5.41, 5.74) is 1.94. The van der Waals surface area contributed by atoms with E-state index < -0.39 is 0 Å². The standard InChI is InChI=1S/C24H24ClN5O5/c1-31-19-9-16-18(10-20(19)33-6-2-3-30-4-7-32-8-5-30)27-12-15(11-26)21(16)29-22-17(25)13-28-24-23(22)34-14-35-24/h9-10,12-13H,2-8,14H2,1H3,(H,27,28,29). The van der Waals surface area contributed by atoms with Crippen molar-refractivity contribution < 1.29 is 23.7 Å². The number of pyridine rings is 2. The molecule has 1 saturated heterocycles. The molecule has 2 aromatic heterocycles. The van der Waals surface area contributed by atoms with Gasteiger partial charge >= 0.3 is 0 Å². The molecule has 1 fully saturated rings. The summed E-state index contributed by atoms with van der Waals surface area (Å²) >= 11 is 6.40. The molecule has 0 bridgehead atoms. The fourth-order valence-electron chi connectivity index (χ4n) is 4.06. The second-order valence-corrected chi connectivity index (χ2v) is 8.39. The Hall–Kier alpha value is -3.52. The van der Waals surface area contributed by atoms with Crippen LogP contribution in [0, 0.1) is 11.3 Å². The normalized spacial score (nSPS) is 15.1. The highest BCUT2D eigenvalue weighted by Gasteiger charge is 2.24. The highest BCUT2D eigenvalue weighted by Crippen LogP contribution is 2.45. The van der Waals surface area contributed by atoms with Gasteiger partial charge in [-0.25, -0.2) is 4.98 Å².